The Hall–Kier alpha value is -13.8. The van der Waals surface area contributed by atoms with E-state index in [0.29, 0.717) is 88.0 Å². The molecule has 672 valence electrons. The molecule has 2 aliphatic heterocycles. The zero-order chi connectivity index (χ0) is 95.1. The Balaban J connectivity index is 0.000000240. The molecule has 0 saturated heterocycles. The van der Waals surface area contributed by atoms with Crippen molar-refractivity contribution in [2.45, 2.75) is 83.1 Å². The maximum atomic E-state index is 14.1. The summed E-state index contributed by atoms with van der Waals surface area (Å²) in [4.78, 5) is 60.9. The molecule has 2 aliphatic rings. The van der Waals surface area contributed by atoms with E-state index in [9.17, 15) is 102 Å². The number of nitrogens with two attached hydrogens (primary N) is 2. The number of carbonyl (C=O) groups is 2. The molecular formula is C82H63BCl2F21N15O7. The highest BCUT2D eigenvalue weighted by atomic mass is 35.5. The highest BCUT2D eigenvalue weighted by Crippen LogP contribution is 2.43. The van der Waals surface area contributed by atoms with E-state index in [-0.39, 0.29) is 89.4 Å². The summed E-state index contributed by atoms with van der Waals surface area (Å²) in [5.41, 5.74) is 5.45. The van der Waals surface area contributed by atoms with Crippen LogP contribution in [-0.2, 0) is 73.4 Å². The third kappa shape index (κ3) is 32.6. The Labute approximate surface area is 720 Å². The number of fused-ring (bicyclic) bond motifs is 2. The van der Waals surface area contributed by atoms with Crippen LogP contribution in [0, 0.1) is 24.4 Å². The Kier molecular flexibility index (Phi) is 37.8. The van der Waals surface area contributed by atoms with E-state index in [4.69, 9.17) is 54.3 Å². The van der Waals surface area contributed by atoms with Crippen LogP contribution in [0.5, 0.6) is 0 Å². The zero-order valence-electron chi connectivity index (χ0n) is 65.6. The van der Waals surface area contributed by atoms with Crippen molar-refractivity contribution in [2.75, 3.05) is 18.1 Å². The van der Waals surface area contributed by atoms with Gasteiger partial charge in [0.1, 0.15) is 34.8 Å². The van der Waals surface area contributed by atoms with Crippen LogP contribution in [0.4, 0.5) is 104 Å². The maximum Gasteiger partial charge on any atom is 0.489 e. The Morgan fingerprint density at radius 3 is 1.42 bits per heavy atom. The minimum atomic E-state index is -5.10. The molecule has 0 amide bonds. The Morgan fingerprint density at radius 2 is 1.00 bits per heavy atom. The van der Waals surface area contributed by atoms with E-state index in [1.54, 1.807) is 121 Å². The van der Waals surface area contributed by atoms with Gasteiger partial charge in [-0.25, -0.2) is 28.1 Å². The van der Waals surface area contributed by atoms with Crippen LogP contribution in [0.1, 0.15) is 77.2 Å². The molecule has 0 fully saturated rings. The fraction of sp³-hybridized carbons (Fsp3) is 0.171. The Morgan fingerprint density at radius 1 is 0.508 bits per heavy atom. The van der Waals surface area contributed by atoms with Gasteiger partial charge in [0, 0.05) is 42.3 Å². The standard InChI is InChI=1S/C25H14F7N5.C13H7ClF6N2.C12H8FN3.C8H5BF6O2.C7H12O3.C6H5F.C5H5ClN2.C5H7N3.CO2/c26-19-4-2-1-3-17(19)23-33-21-9-10-37(13-22(21)34-23)12-15-6-8-20(36-35-15)16-7-5-14(24(27,28)29)11-18(16)25(30,31)32;14-6-8-2-4-11(22-21-8)9-3-1-7(12(15,16)17)5-10(9)13(18,19)20;13-9-4-2-1-3-8(9)12-15-10-5-6-14-7-11(10)16-12;10-7(11,12)4-1-2-6(9(16)17)5(3-4)8(13,14)15;1-3-10-7(9)5-4-6(2)8;7-6-4-2-1-3-5-6;1-4-2-3-5(6)8-7-4;6-4-1-2-8-3-5(4)7;2-1-3/h1-11,13H,12H2;1-5H,6H2;1-7H,(H,15,16);1-3,16-17H;3-5H2,1-2H3;1-5H;2-3H,1H3;1-3H,7H2,(H2,6,8);. The van der Waals surface area contributed by atoms with Crippen LogP contribution in [-0.4, -0.2) is 107 Å². The molecule has 46 heteroatoms. The number of ketones is 1. The van der Waals surface area contributed by atoms with E-state index < -0.39 is 100.0 Å². The minimum absolute atomic E-state index is 0.0203. The number of Topliss-reactive ketones (excluding diaryl/α,β-unsaturated/α-hetero) is 1. The van der Waals surface area contributed by atoms with Gasteiger partial charge in [-0.2, -0.15) is 114 Å². The number of anilines is 2. The molecule has 6 aromatic carbocycles. The number of hydrogen-bond donors (Lipinski definition) is 5. The molecule has 14 rings (SSSR count). The third-order valence-electron chi connectivity index (χ3n) is 16.1. The zero-order valence-corrected chi connectivity index (χ0v) is 67.1. The molecular weight excluding hydrogens is 1790 g/mol. The first-order valence-corrected chi connectivity index (χ1v) is 36.8. The molecule has 0 bridgehead atoms. The molecule has 22 nitrogen and oxygen atoms in total. The van der Waals surface area contributed by atoms with Gasteiger partial charge >= 0.3 is 56.3 Å². The number of rotatable bonds is 12. The number of imidazole rings is 2. The number of ether oxygens (including phenoxy) is 1. The first kappa shape index (κ1) is 103. The summed E-state index contributed by atoms with van der Waals surface area (Å²) in [7, 11) is -2.49. The number of aromatic nitrogens is 13. The molecule has 8 heterocycles. The van der Waals surface area contributed by atoms with Crippen LogP contribution in [0.15, 0.2) is 225 Å². The highest BCUT2D eigenvalue weighted by Gasteiger charge is 2.42. The van der Waals surface area contributed by atoms with Gasteiger partial charge < -0.3 is 40.6 Å². The number of H-pyrrole nitrogens is 1. The van der Waals surface area contributed by atoms with Crippen molar-refractivity contribution in [3.63, 3.8) is 0 Å². The largest absolute Gasteiger partial charge is 0.489 e. The highest BCUT2D eigenvalue weighted by molar-refractivity contribution is 6.59. The van der Waals surface area contributed by atoms with Gasteiger partial charge in [0.15, 0.2) is 11.0 Å². The number of nitrogens with zero attached hydrogens (tertiary/aromatic N) is 12. The molecule has 7 N–H and O–H groups in total. The molecule has 0 aliphatic carbocycles. The number of carbonyl (C=O) groups excluding carboxylic acids is 4. The molecule has 6 aromatic heterocycles. The minimum Gasteiger partial charge on any atom is -0.466 e. The smallest absolute Gasteiger partial charge is 0.466 e. The van der Waals surface area contributed by atoms with Crippen molar-refractivity contribution in [2.24, 2.45) is 0 Å². The average molecular weight is 1850 g/mol. The second kappa shape index (κ2) is 46.9. The van der Waals surface area contributed by atoms with Crippen LogP contribution in [0.2, 0.25) is 5.15 Å². The maximum absolute atomic E-state index is 14.1. The summed E-state index contributed by atoms with van der Waals surface area (Å²) >= 11 is 10.9. The van der Waals surface area contributed by atoms with Crippen LogP contribution < -0.4 is 16.9 Å². The lowest BCUT2D eigenvalue weighted by molar-refractivity contribution is -0.192. The van der Waals surface area contributed by atoms with E-state index in [1.165, 1.54) is 61.7 Å². The van der Waals surface area contributed by atoms with E-state index in [2.05, 4.69) is 65.2 Å². The van der Waals surface area contributed by atoms with Crippen molar-refractivity contribution < 1.29 is 126 Å². The molecule has 12 aromatic rings. The van der Waals surface area contributed by atoms with Crippen molar-refractivity contribution in [3.8, 4) is 56.7 Å². The number of alkyl halides is 19. The molecule has 0 atom stereocenters. The number of nitrogens with one attached hydrogen (secondary N) is 1. The van der Waals surface area contributed by atoms with Gasteiger partial charge in [-0.15, -0.1) is 16.7 Å². The van der Waals surface area contributed by atoms with Crippen molar-refractivity contribution in [1.29, 1.82) is 0 Å². The quantitative estimate of drug-likeness (QED) is 0.0328. The monoisotopic (exact) mass is 1850 g/mol. The summed E-state index contributed by atoms with van der Waals surface area (Å²) in [5.74, 6) is -0.412. The fourth-order valence-corrected chi connectivity index (χ4v) is 10.3. The van der Waals surface area contributed by atoms with E-state index in [0.717, 1.165) is 28.9 Å². The SMILES string of the molecule is CCOC(=O)CCC(C)=O.Cc1ccc(Cl)nn1.FC(F)(F)c1ccc(-c2ccc(CCl)nn2)c(C(F)(F)F)c1.Fc1ccccc1.Fc1ccccc1-c1nc2ccn(Cc3ccc(-c4ccc(C(F)(F)F)cc4C(F)(F)F)nn3)cc-2n1.Fc1ccccc1-c1nc2ccncc2[nH]1.Nc1ccncc1N.O=C=O.OB(O)c1ccc(C(F)(F)F)cc1C(F)(F)F. The summed E-state index contributed by atoms with van der Waals surface area (Å²) in [6, 6.07) is 37.8. The van der Waals surface area contributed by atoms with Crippen molar-refractivity contribution in [1.82, 2.24) is 65.1 Å². The topological polar surface area (TPSA) is 333 Å². The van der Waals surface area contributed by atoms with Crippen molar-refractivity contribution >= 4 is 76.1 Å². The summed E-state index contributed by atoms with van der Waals surface area (Å²) < 4.78 is 276. The lowest BCUT2D eigenvalue weighted by Gasteiger charge is -2.15. The summed E-state index contributed by atoms with van der Waals surface area (Å²) in [5, 5.41) is 39.9. The van der Waals surface area contributed by atoms with E-state index >= 15 is 0 Å². The second-order valence-corrected chi connectivity index (χ2v) is 26.1. The van der Waals surface area contributed by atoms with Crippen LogP contribution >= 0.6 is 23.2 Å². The molecule has 0 radical (unpaired) electrons. The van der Waals surface area contributed by atoms with Gasteiger partial charge in [-0.1, -0.05) is 78.3 Å². The number of hydrogen-bond acceptors (Lipinski definition) is 20. The molecule has 0 spiro atoms. The lowest BCUT2D eigenvalue weighted by atomic mass is 9.76. The number of aryl methyl sites for hydroxylation is 1. The van der Waals surface area contributed by atoms with Crippen LogP contribution in [0.3, 0.4) is 0 Å². The van der Waals surface area contributed by atoms with Gasteiger partial charge in [0.25, 0.3) is 0 Å². The predicted molar refractivity (Wildman–Crippen MR) is 424 cm³/mol. The fourth-order valence-electron chi connectivity index (χ4n) is 10.1. The second-order valence-electron chi connectivity index (χ2n) is 25.4. The predicted octanol–water partition coefficient (Wildman–Crippen LogP) is 19.7. The molecule has 128 heavy (non-hydrogen) atoms. The van der Waals surface area contributed by atoms with Crippen molar-refractivity contribution in [3.05, 3.63) is 298 Å². The molecule has 0 saturated carbocycles. The first-order chi connectivity index (χ1) is 60.1. The number of halogens is 23. The number of benzene rings is 6. The molecule has 0 unspecified atom stereocenters. The van der Waals surface area contributed by atoms with Gasteiger partial charge in [-0.05, 0) is 148 Å². The van der Waals surface area contributed by atoms with Gasteiger partial charge in [0.05, 0.1) is 139 Å². The summed E-state index contributed by atoms with van der Waals surface area (Å²) in [6.07, 6.45) is -19.3. The van der Waals surface area contributed by atoms with Crippen LogP contribution in [0.25, 0.3) is 67.7 Å². The van der Waals surface area contributed by atoms with Gasteiger partial charge in [0.2, 0.25) is 0 Å². The Bertz CT molecular complexity index is 5840. The number of aromatic amines is 1. The number of esters is 1. The van der Waals surface area contributed by atoms with E-state index in [1.807, 2.05) is 13.0 Å². The normalized spacial score (nSPS) is 11.1. The first-order valence-electron chi connectivity index (χ1n) is 35.9. The summed E-state index contributed by atoms with van der Waals surface area (Å²) in [6.45, 7) is 5.62. The number of nitrogen functional groups attached to an aromatic ring is 2. The third-order valence-corrected chi connectivity index (χ3v) is 16.5. The lowest BCUT2D eigenvalue weighted by Crippen LogP contribution is -2.36. The van der Waals surface area contributed by atoms with Gasteiger partial charge in [-0.3, -0.25) is 14.8 Å². The number of pyridine rings is 3. The average Bonchev–Trinajstić information content (AvgIpc) is 1.11.